The molecule has 0 aromatic heterocycles. The van der Waals surface area contributed by atoms with Crippen LogP contribution in [-0.4, -0.2) is 18.9 Å². The van der Waals surface area contributed by atoms with Crippen LogP contribution in [0.25, 0.3) is 0 Å². The Bertz CT molecular complexity index is 983. The first-order valence-electron chi connectivity index (χ1n) is 9.20. The van der Waals surface area contributed by atoms with Crippen molar-refractivity contribution in [2.24, 2.45) is 0 Å². The third kappa shape index (κ3) is 5.59. The lowest BCUT2D eigenvalue weighted by atomic mass is 10.1. The van der Waals surface area contributed by atoms with Gasteiger partial charge in [-0.05, 0) is 54.1 Å². The third-order valence-electron chi connectivity index (χ3n) is 4.27. The number of carbonyl (C=O) groups excluding carboxylic acids is 2. The zero-order valence-electron chi connectivity index (χ0n) is 16.4. The molecule has 0 saturated carbocycles. The summed E-state index contributed by atoms with van der Waals surface area (Å²) in [5, 5.41) is 8.92. The van der Waals surface area contributed by atoms with Gasteiger partial charge in [0, 0.05) is 24.8 Å². The van der Waals surface area contributed by atoms with E-state index in [0.29, 0.717) is 12.1 Å². The second-order valence-corrected chi connectivity index (χ2v) is 6.46. The molecule has 0 saturated heterocycles. The average Bonchev–Trinajstić information content (AvgIpc) is 2.73. The fourth-order valence-corrected chi connectivity index (χ4v) is 2.81. The second-order valence-electron chi connectivity index (χ2n) is 6.46. The number of ether oxygens (including phenoxy) is 1. The predicted octanol–water partition coefficient (Wildman–Crippen LogP) is 4.33. The summed E-state index contributed by atoms with van der Waals surface area (Å²) in [6.45, 7) is 1.85. The molecule has 0 unspecified atom stereocenters. The number of nitrogens with one attached hydrogen (secondary N) is 3. The summed E-state index contributed by atoms with van der Waals surface area (Å²) in [5.41, 5.74) is 3.80. The first-order chi connectivity index (χ1) is 14.0. The SMILES string of the molecule is COc1ccc(Nc2ccccc2C(=O)NCc2ccc(NC(C)=O)cc2)cc1. The summed E-state index contributed by atoms with van der Waals surface area (Å²) in [4.78, 5) is 23.8. The molecule has 2 amide bonds. The number of benzene rings is 3. The van der Waals surface area contributed by atoms with Crippen molar-refractivity contribution in [1.82, 2.24) is 5.32 Å². The number of carbonyl (C=O) groups is 2. The maximum Gasteiger partial charge on any atom is 0.253 e. The molecule has 0 radical (unpaired) electrons. The highest BCUT2D eigenvalue weighted by Crippen LogP contribution is 2.23. The predicted molar refractivity (Wildman–Crippen MR) is 115 cm³/mol. The normalized spacial score (nSPS) is 10.1. The van der Waals surface area contributed by atoms with Gasteiger partial charge in [0.25, 0.3) is 5.91 Å². The maximum absolute atomic E-state index is 12.7. The zero-order valence-corrected chi connectivity index (χ0v) is 16.4. The minimum Gasteiger partial charge on any atom is -0.497 e. The second kappa shape index (κ2) is 9.41. The van der Waals surface area contributed by atoms with Gasteiger partial charge in [0.2, 0.25) is 5.91 Å². The Morgan fingerprint density at radius 1 is 0.862 bits per heavy atom. The molecule has 3 aromatic carbocycles. The summed E-state index contributed by atoms with van der Waals surface area (Å²) < 4.78 is 5.17. The summed E-state index contributed by atoms with van der Waals surface area (Å²) in [7, 11) is 1.62. The lowest BCUT2D eigenvalue weighted by Gasteiger charge is -2.13. The van der Waals surface area contributed by atoms with Gasteiger partial charge in [0.15, 0.2) is 0 Å². The topological polar surface area (TPSA) is 79.5 Å². The number of amides is 2. The average molecular weight is 389 g/mol. The lowest BCUT2D eigenvalue weighted by Crippen LogP contribution is -2.23. The van der Waals surface area contributed by atoms with E-state index >= 15 is 0 Å². The van der Waals surface area contributed by atoms with Gasteiger partial charge in [-0.25, -0.2) is 0 Å². The van der Waals surface area contributed by atoms with Crippen LogP contribution in [0.1, 0.15) is 22.8 Å². The molecule has 29 heavy (non-hydrogen) atoms. The minimum absolute atomic E-state index is 0.119. The molecule has 0 bridgehead atoms. The number of anilines is 3. The Kier molecular flexibility index (Phi) is 6.47. The highest BCUT2D eigenvalue weighted by atomic mass is 16.5. The Hall–Kier alpha value is -3.80. The van der Waals surface area contributed by atoms with Crippen LogP contribution in [0.3, 0.4) is 0 Å². The van der Waals surface area contributed by atoms with Gasteiger partial charge in [-0.15, -0.1) is 0 Å². The molecule has 0 aliphatic rings. The van der Waals surface area contributed by atoms with Crippen molar-refractivity contribution in [3.05, 3.63) is 83.9 Å². The first kappa shape index (κ1) is 19.9. The molecule has 0 atom stereocenters. The molecular weight excluding hydrogens is 366 g/mol. The number of methoxy groups -OCH3 is 1. The summed E-state index contributed by atoms with van der Waals surface area (Å²) in [6.07, 6.45) is 0. The van der Waals surface area contributed by atoms with Crippen LogP contribution in [0.5, 0.6) is 5.75 Å². The van der Waals surface area contributed by atoms with E-state index in [0.717, 1.165) is 28.4 Å². The summed E-state index contributed by atoms with van der Waals surface area (Å²) >= 11 is 0. The van der Waals surface area contributed by atoms with Crippen molar-refractivity contribution in [3.8, 4) is 5.75 Å². The van der Waals surface area contributed by atoms with Gasteiger partial charge in [-0.3, -0.25) is 9.59 Å². The standard InChI is InChI=1S/C23H23N3O3/c1-16(27)25-18-9-7-17(8-10-18)15-24-23(28)21-5-3-4-6-22(21)26-19-11-13-20(29-2)14-12-19/h3-14,26H,15H2,1-2H3,(H,24,28)(H,25,27). The van der Waals surface area contributed by atoms with Crippen molar-refractivity contribution in [2.45, 2.75) is 13.5 Å². The number of hydrogen-bond acceptors (Lipinski definition) is 4. The summed E-state index contributed by atoms with van der Waals surface area (Å²) in [6, 6.07) is 22.2. The molecule has 6 nitrogen and oxygen atoms in total. The van der Waals surface area contributed by atoms with Crippen molar-refractivity contribution in [3.63, 3.8) is 0 Å². The van der Waals surface area contributed by atoms with Crippen molar-refractivity contribution < 1.29 is 14.3 Å². The molecule has 0 heterocycles. The Balaban J connectivity index is 1.65. The van der Waals surface area contributed by atoms with Crippen LogP contribution in [0.15, 0.2) is 72.8 Å². The molecule has 3 aromatic rings. The molecular formula is C23H23N3O3. The number of rotatable bonds is 7. The Morgan fingerprint density at radius 2 is 1.52 bits per heavy atom. The monoisotopic (exact) mass is 389 g/mol. The van der Waals surface area contributed by atoms with Crippen molar-refractivity contribution in [1.29, 1.82) is 0 Å². The molecule has 148 valence electrons. The van der Waals surface area contributed by atoms with E-state index < -0.39 is 0 Å². The van der Waals surface area contributed by atoms with Gasteiger partial charge >= 0.3 is 0 Å². The summed E-state index contributed by atoms with van der Waals surface area (Å²) in [5.74, 6) is 0.477. The van der Waals surface area contributed by atoms with Crippen LogP contribution < -0.4 is 20.7 Å². The van der Waals surface area contributed by atoms with Gasteiger partial charge in [-0.1, -0.05) is 24.3 Å². The number of hydrogen-bond donors (Lipinski definition) is 3. The fraction of sp³-hybridized carbons (Fsp3) is 0.130. The van der Waals surface area contributed by atoms with E-state index in [4.69, 9.17) is 4.74 Å². The lowest BCUT2D eigenvalue weighted by molar-refractivity contribution is -0.114. The first-order valence-corrected chi connectivity index (χ1v) is 9.20. The highest BCUT2D eigenvalue weighted by Gasteiger charge is 2.11. The molecule has 0 aliphatic heterocycles. The quantitative estimate of drug-likeness (QED) is 0.562. The van der Waals surface area contributed by atoms with E-state index in [2.05, 4.69) is 16.0 Å². The van der Waals surface area contributed by atoms with Gasteiger partial charge in [0.1, 0.15) is 5.75 Å². The zero-order chi connectivity index (χ0) is 20.6. The van der Waals surface area contributed by atoms with Crippen LogP contribution >= 0.6 is 0 Å². The van der Waals surface area contributed by atoms with E-state index in [9.17, 15) is 9.59 Å². The maximum atomic E-state index is 12.7. The van der Waals surface area contributed by atoms with Crippen LogP contribution in [0, 0.1) is 0 Å². The van der Waals surface area contributed by atoms with Crippen molar-refractivity contribution in [2.75, 3.05) is 17.7 Å². The largest absolute Gasteiger partial charge is 0.497 e. The van der Waals surface area contributed by atoms with Gasteiger partial charge in [-0.2, -0.15) is 0 Å². The van der Waals surface area contributed by atoms with E-state index in [1.54, 1.807) is 13.2 Å². The number of para-hydroxylation sites is 1. The molecule has 0 fully saturated rings. The van der Waals surface area contributed by atoms with E-state index in [1.807, 2.05) is 66.7 Å². The Labute approximate surface area is 169 Å². The smallest absolute Gasteiger partial charge is 0.253 e. The molecule has 0 spiro atoms. The van der Waals surface area contributed by atoms with E-state index in [-0.39, 0.29) is 11.8 Å². The van der Waals surface area contributed by atoms with Crippen LogP contribution in [-0.2, 0) is 11.3 Å². The highest BCUT2D eigenvalue weighted by molar-refractivity contribution is 6.00. The fourth-order valence-electron chi connectivity index (χ4n) is 2.81. The molecule has 0 aliphatic carbocycles. The molecule has 3 N–H and O–H groups in total. The van der Waals surface area contributed by atoms with Crippen molar-refractivity contribution >= 4 is 28.9 Å². The Morgan fingerprint density at radius 3 is 2.17 bits per heavy atom. The molecule has 3 rings (SSSR count). The van der Waals surface area contributed by atoms with Gasteiger partial charge < -0.3 is 20.7 Å². The van der Waals surface area contributed by atoms with Crippen LogP contribution in [0.2, 0.25) is 0 Å². The van der Waals surface area contributed by atoms with Crippen LogP contribution in [0.4, 0.5) is 17.1 Å². The van der Waals surface area contributed by atoms with Gasteiger partial charge in [0.05, 0.1) is 18.4 Å². The third-order valence-corrected chi connectivity index (χ3v) is 4.27. The minimum atomic E-state index is -0.174. The molecule has 6 heteroatoms. The van der Waals surface area contributed by atoms with E-state index in [1.165, 1.54) is 6.92 Å².